The second kappa shape index (κ2) is 8.57. The molecule has 27 heavy (non-hydrogen) atoms. The summed E-state index contributed by atoms with van der Waals surface area (Å²) in [5, 5.41) is 0. The standard InChI is InChI=1S/C21H27N3O3/c25-20(23-11-13-26-14-12-23)16-27-19-7-5-18(6-8-19)21-22-9-10-24(21)15-17-3-1-2-4-17/h5-10,17H,1-4,11-16H2. The smallest absolute Gasteiger partial charge is 0.260 e. The average molecular weight is 369 g/mol. The van der Waals surface area contributed by atoms with Gasteiger partial charge in [-0.15, -0.1) is 0 Å². The predicted octanol–water partition coefficient (Wildman–Crippen LogP) is 2.98. The summed E-state index contributed by atoms with van der Waals surface area (Å²) in [6.45, 7) is 3.61. The van der Waals surface area contributed by atoms with Gasteiger partial charge in [0.05, 0.1) is 13.2 Å². The minimum Gasteiger partial charge on any atom is -0.484 e. The highest BCUT2D eigenvalue weighted by Crippen LogP contribution is 2.28. The van der Waals surface area contributed by atoms with E-state index in [-0.39, 0.29) is 12.5 Å². The van der Waals surface area contributed by atoms with E-state index in [0.29, 0.717) is 32.1 Å². The fourth-order valence-electron chi connectivity index (χ4n) is 3.94. The Bertz CT molecular complexity index is 744. The molecule has 2 aromatic rings. The maximum Gasteiger partial charge on any atom is 0.260 e. The lowest BCUT2D eigenvalue weighted by Crippen LogP contribution is -2.42. The molecule has 6 nitrogen and oxygen atoms in total. The second-order valence-corrected chi connectivity index (χ2v) is 7.36. The normalized spacial score (nSPS) is 18.0. The van der Waals surface area contributed by atoms with Crippen LogP contribution < -0.4 is 4.74 Å². The highest BCUT2D eigenvalue weighted by atomic mass is 16.5. The molecule has 1 amide bonds. The van der Waals surface area contributed by atoms with Gasteiger partial charge in [0, 0.05) is 37.6 Å². The topological polar surface area (TPSA) is 56.6 Å². The Labute approximate surface area is 160 Å². The summed E-state index contributed by atoms with van der Waals surface area (Å²) in [7, 11) is 0. The van der Waals surface area contributed by atoms with E-state index < -0.39 is 0 Å². The highest BCUT2D eigenvalue weighted by molar-refractivity contribution is 5.77. The van der Waals surface area contributed by atoms with Gasteiger partial charge in [-0.2, -0.15) is 0 Å². The number of carbonyl (C=O) groups excluding carboxylic acids is 1. The lowest BCUT2D eigenvalue weighted by molar-refractivity contribution is -0.137. The van der Waals surface area contributed by atoms with E-state index in [9.17, 15) is 4.79 Å². The van der Waals surface area contributed by atoms with Crippen LogP contribution in [0.3, 0.4) is 0 Å². The van der Waals surface area contributed by atoms with Crippen molar-refractivity contribution in [2.75, 3.05) is 32.9 Å². The van der Waals surface area contributed by atoms with Crippen molar-refractivity contribution in [3.8, 4) is 17.1 Å². The molecule has 2 heterocycles. The molecule has 1 aliphatic carbocycles. The van der Waals surface area contributed by atoms with E-state index in [1.165, 1.54) is 25.7 Å². The Morgan fingerprint density at radius 3 is 2.63 bits per heavy atom. The first-order valence-corrected chi connectivity index (χ1v) is 9.89. The van der Waals surface area contributed by atoms with E-state index in [4.69, 9.17) is 9.47 Å². The number of carbonyl (C=O) groups is 1. The third-order valence-electron chi connectivity index (χ3n) is 5.48. The Morgan fingerprint density at radius 1 is 1.15 bits per heavy atom. The molecule has 0 atom stereocenters. The van der Waals surface area contributed by atoms with Gasteiger partial charge in [0.1, 0.15) is 11.6 Å². The monoisotopic (exact) mass is 369 g/mol. The molecule has 1 aromatic heterocycles. The van der Waals surface area contributed by atoms with Gasteiger partial charge in [-0.25, -0.2) is 4.98 Å². The zero-order valence-corrected chi connectivity index (χ0v) is 15.7. The molecule has 1 saturated carbocycles. The van der Waals surface area contributed by atoms with Crippen molar-refractivity contribution in [3.63, 3.8) is 0 Å². The Hall–Kier alpha value is -2.34. The van der Waals surface area contributed by atoms with Crippen molar-refractivity contribution in [2.45, 2.75) is 32.2 Å². The van der Waals surface area contributed by atoms with Crippen molar-refractivity contribution in [2.24, 2.45) is 5.92 Å². The van der Waals surface area contributed by atoms with Gasteiger partial charge >= 0.3 is 0 Å². The summed E-state index contributed by atoms with van der Waals surface area (Å²) >= 11 is 0. The van der Waals surface area contributed by atoms with E-state index in [1.807, 2.05) is 30.5 Å². The fraction of sp³-hybridized carbons (Fsp3) is 0.524. The maximum absolute atomic E-state index is 12.2. The van der Waals surface area contributed by atoms with Crippen LogP contribution in [0.4, 0.5) is 0 Å². The number of rotatable bonds is 6. The summed E-state index contributed by atoms with van der Waals surface area (Å²) in [6, 6.07) is 7.86. The van der Waals surface area contributed by atoms with Crippen molar-refractivity contribution >= 4 is 5.91 Å². The lowest BCUT2D eigenvalue weighted by atomic mass is 10.1. The van der Waals surface area contributed by atoms with Gasteiger partial charge in [-0.3, -0.25) is 4.79 Å². The molecule has 1 aromatic carbocycles. The molecule has 1 saturated heterocycles. The Balaban J connectivity index is 1.35. The number of aromatic nitrogens is 2. The lowest BCUT2D eigenvalue weighted by Gasteiger charge is -2.26. The van der Waals surface area contributed by atoms with Crippen molar-refractivity contribution < 1.29 is 14.3 Å². The van der Waals surface area contributed by atoms with Gasteiger partial charge < -0.3 is 18.9 Å². The number of hydrogen-bond donors (Lipinski definition) is 0. The molecular weight excluding hydrogens is 342 g/mol. The number of morpholine rings is 1. The number of ether oxygens (including phenoxy) is 2. The van der Waals surface area contributed by atoms with Crippen LogP contribution in [-0.4, -0.2) is 53.3 Å². The molecule has 144 valence electrons. The van der Waals surface area contributed by atoms with E-state index in [0.717, 1.165) is 23.9 Å². The van der Waals surface area contributed by atoms with Crippen LogP contribution >= 0.6 is 0 Å². The second-order valence-electron chi connectivity index (χ2n) is 7.36. The molecule has 0 radical (unpaired) electrons. The first-order valence-electron chi connectivity index (χ1n) is 9.89. The predicted molar refractivity (Wildman–Crippen MR) is 103 cm³/mol. The molecule has 2 aliphatic rings. The van der Waals surface area contributed by atoms with Gasteiger partial charge in [0.25, 0.3) is 5.91 Å². The Kier molecular flexibility index (Phi) is 5.72. The van der Waals surface area contributed by atoms with Crippen LogP contribution in [-0.2, 0) is 16.1 Å². The zero-order valence-electron chi connectivity index (χ0n) is 15.7. The molecule has 2 fully saturated rings. The van der Waals surface area contributed by atoms with Crippen molar-refractivity contribution in [1.82, 2.24) is 14.5 Å². The number of nitrogens with zero attached hydrogens (tertiary/aromatic N) is 3. The first-order chi connectivity index (χ1) is 13.3. The minimum absolute atomic E-state index is 0.00878. The molecule has 1 aliphatic heterocycles. The number of amides is 1. The third-order valence-corrected chi connectivity index (χ3v) is 5.48. The van der Waals surface area contributed by atoms with Gasteiger partial charge in [-0.1, -0.05) is 12.8 Å². The van der Waals surface area contributed by atoms with Crippen LogP contribution in [0.15, 0.2) is 36.7 Å². The van der Waals surface area contributed by atoms with E-state index >= 15 is 0 Å². The molecule has 0 bridgehead atoms. The zero-order chi connectivity index (χ0) is 18.5. The van der Waals surface area contributed by atoms with Gasteiger partial charge in [-0.05, 0) is 43.0 Å². The minimum atomic E-state index is 0.00878. The van der Waals surface area contributed by atoms with E-state index in [2.05, 4.69) is 15.7 Å². The molecular formula is C21H27N3O3. The van der Waals surface area contributed by atoms with Crippen LogP contribution in [0.5, 0.6) is 5.75 Å². The van der Waals surface area contributed by atoms with Crippen LogP contribution in [0.2, 0.25) is 0 Å². The maximum atomic E-state index is 12.2. The van der Waals surface area contributed by atoms with Gasteiger partial charge in [0.2, 0.25) is 0 Å². The van der Waals surface area contributed by atoms with Crippen LogP contribution in [0.1, 0.15) is 25.7 Å². The number of benzene rings is 1. The molecule has 0 spiro atoms. The van der Waals surface area contributed by atoms with Crippen LogP contribution in [0.25, 0.3) is 11.4 Å². The molecule has 4 rings (SSSR count). The van der Waals surface area contributed by atoms with Crippen LogP contribution in [0, 0.1) is 5.92 Å². The van der Waals surface area contributed by atoms with Crippen molar-refractivity contribution in [3.05, 3.63) is 36.7 Å². The van der Waals surface area contributed by atoms with E-state index in [1.54, 1.807) is 4.90 Å². The Morgan fingerprint density at radius 2 is 1.89 bits per heavy atom. The quantitative estimate of drug-likeness (QED) is 0.786. The largest absolute Gasteiger partial charge is 0.484 e. The molecule has 0 unspecified atom stereocenters. The SMILES string of the molecule is O=C(COc1ccc(-c2nccn2CC2CCCC2)cc1)N1CCOCC1. The average Bonchev–Trinajstić information content (AvgIpc) is 3.40. The molecule has 0 N–H and O–H groups in total. The summed E-state index contributed by atoms with van der Waals surface area (Å²) in [6.07, 6.45) is 9.28. The third kappa shape index (κ3) is 4.50. The summed E-state index contributed by atoms with van der Waals surface area (Å²) in [4.78, 5) is 18.5. The highest BCUT2D eigenvalue weighted by Gasteiger charge is 2.18. The summed E-state index contributed by atoms with van der Waals surface area (Å²) in [5.41, 5.74) is 1.07. The first kappa shape index (κ1) is 18.0. The summed E-state index contributed by atoms with van der Waals surface area (Å²) < 4.78 is 13.2. The number of imidazole rings is 1. The number of hydrogen-bond acceptors (Lipinski definition) is 4. The fourth-order valence-corrected chi connectivity index (χ4v) is 3.94. The van der Waals surface area contributed by atoms with Gasteiger partial charge in [0.15, 0.2) is 6.61 Å². The summed E-state index contributed by atoms with van der Waals surface area (Å²) in [5.74, 6) is 2.48. The van der Waals surface area contributed by atoms with Crippen molar-refractivity contribution in [1.29, 1.82) is 0 Å². The molecule has 6 heteroatoms.